The highest BCUT2D eigenvalue weighted by molar-refractivity contribution is 7.89. The van der Waals surface area contributed by atoms with Gasteiger partial charge in [0, 0.05) is 10.7 Å². The minimum atomic E-state index is -3.91. The molecule has 0 aliphatic rings. The third-order valence-electron chi connectivity index (χ3n) is 4.03. The maximum absolute atomic E-state index is 12.6. The van der Waals surface area contributed by atoms with Gasteiger partial charge >= 0.3 is 0 Å². The molecule has 0 aliphatic carbocycles. The molecule has 26 heavy (non-hydrogen) atoms. The number of carbonyl (C=O) groups excluding carboxylic acids is 1. The number of benzene rings is 2. The maximum Gasteiger partial charge on any atom is 0.244 e. The Morgan fingerprint density at radius 1 is 1.15 bits per heavy atom. The number of aryl methyl sites for hydroxylation is 2. The van der Waals surface area contributed by atoms with Crippen molar-refractivity contribution in [3.63, 3.8) is 0 Å². The van der Waals surface area contributed by atoms with E-state index in [2.05, 4.69) is 10.0 Å². The monoisotopic (exact) mass is 396 g/mol. The number of sulfonamides is 1. The zero-order valence-corrected chi connectivity index (χ0v) is 16.6. The van der Waals surface area contributed by atoms with E-state index in [9.17, 15) is 13.2 Å². The Kier molecular flexibility index (Phi) is 6.28. The Morgan fingerprint density at radius 3 is 2.46 bits per heavy atom. The van der Waals surface area contributed by atoms with Crippen molar-refractivity contribution in [2.75, 3.05) is 19.0 Å². The van der Waals surface area contributed by atoms with Gasteiger partial charge in [-0.15, -0.1) is 0 Å². The molecule has 0 bridgehead atoms. The van der Waals surface area contributed by atoms with Crippen molar-refractivity contribution in [1.82, 2.24) is 4.72 Å². The van der Waals surface area contributed by atoms with Crippen molar-refractivity contribution in [3.8, 4) is 5.75 Å². The summed E-state index contributed by atoms with van der Waals surface area (Å²) in [6, 6.07) is 8.28. The first-order chi connectivity index (χ1) is 12.2. The summed E-state index contributed by atoms with van der Waals surface area (Å²) >= 11 is 6.01. The van der Waals surface area contributed by atoms with Crippen molar-refractivity contribution in [1.29, 1.82) is 0 Å². The molecule has 0 saturated heterocycles. The molecule has 0 unspecified atom stereocenters. The molecule has 0 heterocycles. The van der Waals surface area contributed by atoms with Crippen LogP contribution in [-0.2, 0) is 14.8 Å². The van der Waals surface area contributed by atoms with Crippen molar-refractivity contribution in [3.05, 3.63) is 52.0 Å². The third kappa shape index (κ3) is 4.55. The van der Waals surface area contributed by atoms with Crippen LogP contribution in [0.1, 0.15) is 16.7 Å². The van der Waals surface area contributed by atoms with E-state index in [-0.39, 0.29) is 10.6 Å². The number of methoxy groups -OCH3 is 1. The molecule has 0 aromatic heterocycles. The van der Waals surface area contributed by atoms with Crippen LogP contribution in [0.4, 0.5) is 5.69 Å². The molecule has 0 atom stereocenters. The molecule has 2 aromatic carbocycles. The second-order valence-electron chi connectivity index (χ2n) is 5.87. The van der Waals surface area contributed by atoms with E-state index < -0.39 is 22.5 Å². The molecule has 2 rings (SSSR count). The SMILES string of the molecule is COc1cc(C)c(C)cc1S(=O)(=O)NCC(=O)Nc1cccc(Cl)c1C. The number of carbonyl (C=O) groups is 1. The molecule has 0 fully saturated rings. The molecule has 2 N–H and O–H groups in total. The summed E-state index contributed by atoms with van der Waals surface area (Å²) < 4.78 is 32.6. The largest absolute Gasteiger partial charge is 0.495 e. The predicted molar refractivity (Wildman–Crippen MR) is 102 cm³/mol. The van der Waals surface area contributed by atoms with Gasteiger partial charge in [0.2, 0.25) is 15.9 Å². The molecule has 0 radical (unpaired) electrons. The number of ether oxygens (including phenoxy) is 1. The second kappa shape index (κ2) is 8.07. The normalized spacial score (nSPS) is 11.3. The van der Waals surface area contributed by atoms with Gasteiger partial charge in [0.1, 0.15) is 10.6 Å². The van der Waals surface area contributed by atoms with Gasteiger partial charge in [0.05, 0.1) is 13.7 Å². The maximum atomic E-state index is 12.6. The summed E-state index contributed by atoms with van der Waals surface area (Å²) in [6.07, 6.45) is 0. The van der Waals surface area contributed by atoms with Gasteiger partial charge in [-0.25, -0.2) is 13.1 Å². The van der Waals surface area contributed by atoms with Crippen molar-refractivity contribution in [2.24, 2.45) is 0 Å². The van der Waals surface area contributed by atoms with Crippen LogP contribution in [0.3, 0.4) is 0 Å². The third-order valence-corrected chi connectivity index (χ3v) is 5.87. The first-order valence-corrected chi connectivity index (χ1v) is 9.71. The minimum Gasteiger partial charge on any atom is -0.495 e. The molecular weight excluding hydrogens is 376 g/mol. The average Bonchev–Trinajstić information content (AvgIpc) is 2.59. The lowest BCUT2D eigenvalue weighted by Gasteiger charge is -2.14. The molecule has 0 aliphatic heterocycles. The Hall–Kier alpha value is -2.09. The Labute approximate surface area is 158 Å². The van der Waals surface area contributed by atoms with Gasteiger partial charge in [-0.05, 0) is 61.7 Å². The van der Waals surface area contributed by atoms with Crippen LogP contribution >= 0.6 is 11.6 Å². The molecule has 140 valence electrons. The van der Waals surface area contributed by atoms with Gasteiger partial charge in [-0.2, -0.15) is 0 Å². The number of halogens is 1. The number of amides is 1. The summed E-state index contributed by atoms with van der Waals surface area (Å²) in [4.78, 5) is 12.1. The van der Waals surface area contributed by atoms with Gasteiger partial charge in [-0.3, -0.25) is 4.79 Å². The molecule has 1 amide bonds. The number of anilines is 1. The summed E-state index contributed by atoms with van der Waals surface area (Å²) in [5.41, 5.74) is 2.96. The standard InChI is InChI=1S/C18H21ClN2O4S/c1-11-8-16(25-4)17(9-12(11)2)26(23,24)20-10-18(22)21-15-7-5-6-14(19)13(15)3/h5-9,20H,10H2,1-4H3,(H,21,22). The molecule has 2 aromatic rings. The number of nitrogens with one attached hydrogen (secondary N) is 2. The van der Waals surface area contributed by atoms with Gasteiger partial charge in [0.25, 0.3) is 0 Å². The summed E-state index contributed by atoms with van der Waals surface area (Å²) in [5, 5.41) is 3.16. The first-order valence-electron chi connectivity index (χ1n) is 7.85. The zero-order chi connectivity index (χ0) is 19.5. The Morgan fingerprint density at radius 2 is 1.81 bits per heavy atom. The summed E-state index contributed by atoms with van der Waals surface area (Å²) in [5.74, 6) is -0.270. The van der Waals surface area contributed by atoms with Crippen LogP contribution < -0.4 is 14.8 Å². The van der Waals surface area contributed by atoms with Crippen molar-refractivity contribution in [2.45, 2.75) is 25.7 Å². The number of rotatable bonds is 6. The lowest BCUT2D eigenvalue weighted by molar-refractivity contribution is -0.115. The van der Waals surface area contributed by atoms with Crippen LogP contribution in [0.2, 0.25) is 5.02 Å². The van der Waals surface area contributed by atoms with E-state index in [0.29, 0.717) is 16.3 Å². The van der Waals surface area contributed by atoms with Crippen LogP contribution in [0.5, 0.6) is 5.75 Å². The second-order valence-corrected chi connectivity index (χ2v) is 8.02. The Balaban J connectivity index is 2.14. The summed E-state index contributed by atoms with van der Waals surface area (Å²) in [7, 11) is -2.51. The van der Waals surface area contributed by atoms with Crippen LogP contribution in [-0.4, -0.2) is 28.0 Å². The van der Waals surface area contributed by atoms with E-state index in [1.807, 2.05) is 13.8 Å². The lowest BCUT2D eigenvalue weighted by atomic mass is 10.1. The van der Waals surface area contributed by atoms with Crippen LogP contribution in [0, 0.1) is 20.8 Å². The minimum absolute atomic E-state index is 0.00478. The molecule has 8 heteroatoms. The van der Waals surface area contributed by atoms with E-state index in [4.69, 9.17) is 16.3 Å². The predicted octanol–water partition coefficient (Wildman–Crippen LogP) is 3.19. The van der Waals surface area contributed by atoms with Gasteiger partial charge in [-0.1, -0.05) is 17.7 Å². The van der Waals surface area contributed by atoms with E-state index in [1.54, 1.807) is 31.2 Å². The molecule has 6 nitrogen and oxygen atoms in total. The lowest BCUT2D eigenvalue weighted by Crippen LogP contribution is -2.33. The topological polar surface area (TPSA) is 84.5 Å². The van der Waals surface area contributed by atoms with Crippen molar-refractivity contribution < 1.29 is 17.9 Å². The van der Waals surface area contributed by atoms with Gasteiger partial charge < -0.3 is 10.1 Å². The van der Waals surface area contributed by atoms with E-state index in [0.717, 1.165) is 11.1 Å². The Bertz CT molecular complexity index is 942. The fourth-order valence-electron chi connectivity index (χ4n) is 2.31. The first kappa shape index (κ1) is 20.2. The van der Waals surface area contributed by atoms with Gasteiger partial charge in [0.15, 0.2) is 0 Å². The van der Waals surface area contributed by atoms with Crippen LogP contribution in [0.15, 0.2) is 35.2 Å². The summed E-state index contributed by atoms with van der Waals surface area (Å²) in [6.45, 7) is 5.03. The highest BCUT2D eigenvalue weighted by Crippen LogP contribution is 2.27. The zero-order valence-electron chi connectivity index (χ0n) is 15.0. The van der Waals surface area contributed by atoms with Crippen molar-refractivity contribution >= 4 is 33.2 Å². The molecule has 0 spiro atoms. The molecular formula is C18H21ClN2O4S. The quantitative estimate of drug-likeness (QED) is 0.785. The van der Waals surface area contributed by atoms with Crippen LogP contribution in [0.25, 0.3) is 0 Å². The smallest absolute Gasteiger partial charge is 0.244 e. The number of hydrogen-bond acceptors (Lipinski definition) is 4. The fraction of sp³-hybridized carbons (Fsp3) is 0.278. The highest BCUT2D eigenvalue weighted by atomic mass is 35.5. The van der Waals surface area contributed by atoms with E-state index in [1.165, 1.54) is 13.2 Å². The van der Waals surface area contributed by atoms with E-state index >= 15 is 0 Å². The highest BCUT2D eigenvalue weighted by Gasteiger charge is 2.21. The number of hydrogen-bond donors (Lipinski definition) is 2. The fourth-order valence-corrected chi connectivity index (χ4v) is 3.70. The average molecular weight is 397 g/mol. The molecule has 0 saturated carbocycles.